The summed E-state index contributed by atoms with van der Waals surface area (Å²) in [5.41, 5.74) is 17.9. The molecule has 0 spiro atoms. The minimum absolute atomic E-state index is 1.07. The fourth-order valence-electron chi connectivity index (χ4n) is 9.47. The normalized spacial score (nSPS) is 10.0. The van der Waals surface area contributed by atoms with Crippen LogP contribution in [0.3, 0.4) is 0 Å². The lowest BCUT2D eigenvalue weighted by molar-refractivity contribution is 1.20. The molecule has 0 N–H and O–H groups in total. The molecule has 0 aliphatic rings. The minimum atomic E-state index is 1.07. The fraction of sp³-hybridized carbons (Fsp3) is 0.0964. The van der Waals surface area contributed by atoms with E-state index >= 15 is 0 Å². The molecular weight excluding hydrogens is 1100 g/mol. The van der Waals surface area contributed by atoms with Crippen molar-refractivity contribution in [1.29, 1.82) is 0 Å². The highest BCUT2D eigenvalue weighted by molar-refractivity contribution is 7.26. The average Bonchev–Trinajstić information content (AvgIpc) is 2.23. The first kappa shape index (κ1) is 64.1. The van der Waals surface area contributed by atoms with Crippen LogP contribution in [-0.4, -0.2) is 15.0 Å². The molecule has 5 heterocycles. The Kier molecular flexibility index (Phi) is 25.0. The zero-order valence-corrected chi connectivity index (χ0v) is 53.4. The summed E-state index contributed by atoms with van der Waals surface area (Å²) in [5, 5.41) is 5.55. The van der Waals surface area contributed by atoms with Crippen molar-refractivity contribution in [2.75, 3.05) is 0 Å². The third-order valence-corrected chi connectivity index (χ3v) is 16.5. The van der Waals surface area contributed by atoms with Gasteiger partial charge in [0.2, 0.25) is 0 Å². The summed E-state index contributed by atoms with van der Waals surface area (Å²) < 4.78 is 5.59. The molecule has 15 rings (SSSR count). The van der Waals surface area contributed by atoms with Crippen molar-refractivity contribution in [2.24, 2.45) is 0 Å². The van der Waals surface area contributed by atoms with Gasteiger partial charge in [-0.05, 0) is 177 Å². The van der Waals surface area contributed by atoms with Crippen LogP contribution >= 0.6 is 22.7 Å². The summed E-state index contributed by atoms with van der Waals surface area (Å²) in [5.74, 6) is 0. The van der Waals surface area contributed by atoms with Crippen LogP contribution in [0.2, 0.25) is 0 Å². The minimum Gasteiger partial charge on any atom is -0.265 e. The van der Waals surface area contributed by atoms with Crippen LogP contribution in [0.25, 0.3) is 73.7 Å². The number of aromatic nitrogens is 3. The van der Waals surface area contributed by atoms with Gasteiger partial charge >= 0.3 is 0 Å². The second kappa shape index (κ2) is 34.3. The Morgan fingerprint density at radius 1 is 0.250 bits per heavy atom. The SMILES string of the molecule is Cc1cc(-c2ccccc2)cc(-c2ccccc2)c1.Cc1ccc2c(c1)sc1ccccc12.Cc1cccc2c1sc1ccccc12.Cc1ccccc1.Cc1ccccc1-c1ccccc1.Cc1ccccn1.Cc1cccnc1.Cc1ccncc1. The Morgan fingerprint density at radius 2 is 0.739 bits per heavy atom. The number of nitrogens with zero attached hydrogens (tertiary/aromatic N) is 3. The van der Waals surface area contributed by atoms with Crippen molar-refractivity contribution in [3.05, 3.63) is 367 Å². The molecule has 0 aliphatic heterocycles. The van der Waals surface area contributed by atoms with Gasteiger partial charge in [-0.3, -0.25) is 15.0 Å². The molecule has 0 radical (unpaired) electrons. The second-order valence-corrected chi connectivity index (χ2v) is 23.5. The van der Waals surface area contributed by atoms with Crippen molar-refractivity contribution in [1.82, 2.24) is 15.0 Å². The topological polar surface area (TPSA) is 38.7 Å². The predicted octanol–water partition coefficient (Wildman–Crippen LogP) is 23.9. The van der Waals surface area contributed by atoms with Crippen LogP contribution in [0.5, 0.6) is 0 Å². The standard InChI is InChI=1S/C19H16.2C13H10S.C13H12.C7H8.3C6H7N/c1-15-12-18(16-8-4-2-5-9-16)14-19(13-15)17-10-6-3-7-11-17;1-9-5-4-7-11-10-6-2-3-8-12(10)14-13(9)11;1-9-6-7-11-10-4-2-3-5-12(10)14-13(11)8-9;1-11-7-5-6-10-13(11)12-8-3-2-4-9-12;1-7-5-3-2-4-6-7;1-6-2-4-7-5-3-6;1-6-3-2-4-7-5-6;1-6-4-2-3-5-7-6/h2-14H,1H3;2*2-8H,1H3;2-10H,1H3;2-6H,1H3;3*2-5H,1H3. The molecule has 5 heteroatoms. The van der Waals surface area contributed by atoms with Gasteiger partial charge in [0.1, 0.15) is 0 Å². The maximum Gasteiger partial charge on any atom is 0.0384 e. The van der Waals surface area contributed by atoms with Crippen molar-refractivity contribution in [3.63, 3.8) is 0 Å². The summed E-state index contributed by atoms with van der Waals surface area (Å²) in [6, 6.07) is 101. The van der Waals surface area contributed by atoms with E-state index < -0.39 is 0 Å². The molecule has 0 bridgehead atoms. The molecule has 0 aliphatic carbocycles. The molecule has 15 aromatic rings. The number of aryl methyl sites for hydroxylation is 8. The average molecular weight is 1180 g/mol. The molecule has 3 nitrogen and oxygen atoms in total. The Morgan fingerprint density at radius 3 is 1.24 bits per heavy atom. The van der Waals surface area contributed by atoms with Gasteiger partial charge in [-0.1, -0.05) is 242 Å². The number of thiophene rings is 2. The largest absolute Gasteiger partial charge is 0.265 e. The summed E-state index contributed by atoms with van der Waals surface area (Å²) >= 11 is 3.76. The van der Waals surface area contributed by atoms with Gasteiger partial charge in [0.25, 0.3) is 0 Å². The molecule has 0 amide bonds. The zero-order chi connectivity index (χ0) is 61.7. The summed E-state index contributed by atoms with van der Waals surface area (Å²) in [4.78, 5) is 11.7. The lowest BCUT2D eigenvalue weighted by atomic mass is 9.97. The first-order chi connectivity index (χ1) is 43.0. The smallest absolute Gasteiger partial charge is 0.0384 e. The van der Waals surface area contributed by atoms with Crippen molar-refractivity contribution < 1.29 is 0 Å². The van der Waals surface area contributed by atoms with Crippen LogP contribution < -0.4 is 0 Å². The number of rotatable bonds is 3. The fourth-order valence-corrected chi connectivity index (χ4v) is 11.8. The van der Waals surface area contributed by atoms with E-state index in [0.717, 1.165) is 5.69 Å². The Bertz CT molecular complexity index is 4230. The lowest BCUT2D eigenvalue weighted by Gasteiger charge is -2.08. The quantitative estimate of drug-likeness (QED) is 0.177. The second-order valence-electron chi connectivity index (χ2n) is 21.3. The van der Waals surface area contributed by atoms with Crippen LogP contribution in [0.1, 0.15) is 44.6 Å². The number of benzene rings is 10. The van der Waals surface area contributed by atoms with Crippen molar-refractivity contribution in [2.45, 2.75) is 55.4 Å². The van der Waals surface area contributed by atoms with E-state index in [4.69, 9.17) is 0 Å². The molecule has 436 valence electrons. The van der Waals surface area contributed by atoms with Gasteiger partial charge in [0.05, 0.1) is 0 Å². The predicted molar refractivity (Wildman–Crippen MR) is 385 cm³/mol. The van der Waals surface area contributed by atoms with E-state index in [-0.39, 0.29) is 0 Å². The van der Waals surface area contributed by atoms with Crippen molar-refractivity contribution >= 4 is 63.0 Å². The van der Waals surface area contributed by atoms with Crippen molar-refractivity contribution in [3.8, 4) is 33.4 Å². The monoisotopic (exact) mass is 1180 g/mol. The summed E-state index contributed by atoms with van der Waals surface area (Å²) in [6.07, 6.45) is 8.97. The lowest BCUT2D eigenvalue weighted by Crippen LogP contribution is -1.84. The number of hydrogen-bond donors (Lipinski definition) is 0. The number of hydrogen-bond acceptors (Lipinski definition) is 5. The van der Waals surface area contributed by atoms with E-state index in [0.29, 0.717) is 0 Å². The van der Waals surface area contributed by atoms with E-state index in [2.05, 4.69) is 274 Å². The molecule has 0 saturated carbocycles. The highest BCUT2D eigenvalue weighted by Crippen LogP contribution is 2.36. The first-order valence-electron chi connectivity index (χ1n) is 29.7. The third kappa shape index (κ3) is 20.1. The molecule has 88 heavy (non-hydrogen) atoms. The molecule has 0 unspecified atom stereocenters. The van der Waals surface area contributed by atoms with Gasteiger partial charge in [0.15, 0.2) is 0 Å². The Balaban J connectivity index is 0.000000134. The third-order valence-electron chi connectivity index (χ3n) is 14.1. The summed E-state index contributed by atoms with van der Waals surface area (Å²) in [6.45, 7) is 16.7. The Hall–Kier alpha value is -9.91. The van der Waals surface area contributed by atoms with Gasteiger partial charge in [-0.15, -0.1) is 22.7 Å². The van der Waals surface area contributed by atoms with E-state index in [1.807, 2.05) is 116 Å². The zero-order valence-electron chi connectivity index (χ0n) is 51.8. The highest BCUT2D eigenvalue weighted by Gasteiger charge is 2.07. The van der Waals surface area contributed by atoms with Crippen LogP contribution in [0.4, 0.5) is 0 Å². The van der Waals surface area contributed by atoms with E-state index in [9.17, 15) is 0 Å². The molecule has 0 saturated heterocycles. The van der Waals surface area contributed by atoms with Gasteiger partial charge in [-0.2, -0.15) is 0 Å². The van der Waals surface area contributed by atoms with E-state index in [1.165, 1.54) is 113 Å². The maximum absolute atomic E-state index is 3.98. The Labute approximate surface area is 530 Å². The van der Waals surface area contributed by atoms with E-state index in [1.54, 1.807) is 24.8 Å². The van der Waals surface area contributed by atoms with Crippen LogP contribution in [-0.2, 0) is 0 Å². The number of fused-ring (bicyclic) bond motifs is 6. The highest BCUT2D eigenvalue weighted by atomic mass is 32.1. The van der Waals surface area contributed by atoms with Gasteiger partial charge < -0.3 is 0 Å². The van der Waals surface area contributed by atoms with Crippen LogP contribution in [0, 0.1) is 55.4 Å². The molecule has 10 aromatic carbocycles. The van der Waals surface area contributed by atoms with Crippen LogP contribution in [0.15, 0.2) is 322 Å². The molecule has 0 atom stereocenters. The molecule has 5 aromatic heterocycles. The summed E-state index contributed by atoms with van der Waals surface area (Å²) in [7, 11) is 0. The molecular formula is C83H77N3S2. The van der Waals surface area contributed by atoms with Gasteiger partial charge in [-0.25, -0.2) is 0 Å². The number of pyridine rings is 3. The molecule has 0 fully saturated rings. The maximum atomic E-state index is 3.98. The first-order valence-corrected chi connectivity index (χ1v) is 31.3. The van der Waals surface area contributed by atoms with Gasteiger partial charge in [0, 0.05) is 77.0 Å².